The van der Waals surface area contributed by atoms with Gasteiger partial charge in [-0.3, -0.25) is 0 Å². The summed E-state index contributed by atoms with van der Waals surface area (Å²) in [5.41, 5.74) is 2.55. The topological polar surface area (TPSA) is 35.8 Å². The minimum absolute atomic E-state index is 0.632. The van der Waals surface area contributed by atoms with Crippen molar-refractivity contribution in [2.75, 3.05) is 11.6 Å². The molecule has 0 radical (unpaired) electrons. The van der Waals surface area contributed by atoms with Crippen LogP contribution < -0.4 is 5.32 Å². The van der Waals surface area contributed by atoms with Gasteiger partial charge in [-0.2, -0.15) is 5.26 Å². The second-order valence-electron chi connectivity index (χ2n) is 3.70. The molecule has 0 bridgehead atoms. The van der Waals surface area contributed by atoms with Crippen LogP contribution in [-0.4, -0.2) is 6.26 Å². The smallest absolute Gasteiger partial charge is 0.0992 e. The van der Waals surface area contributed by atoms with Gasteiger partial charge in [0.05, 0.1) is 11.6 Å². The molecule has 4 heteroatoms. The van der Waals surface area contributed by atoms with Crippen LogP contribution in [0.4, 0.5) is 11.4 Å². The highest BCUT2D eigenvalue weighted by molar-refractivity contribution is 9.10. The number of hydrogen-bond acceptors (Lipinski definition) is 3. The first-order valence-electron chi connectivity index (χ1n) is 5.33. The van der Waals surface area contributed by atoms with Crippen LogP contribution in [0.5, 0.6) is 0 Å². The minimum atomic E-state index is 0.632. The number of thioether (sulfide) groups is 1. The van der Waals surface area contributed by atoms with Gasteiger partial charge in [0.15, 0.2) is 0 Å². The van der Waals surface area contributed by atoms with E-state index < -0.39 is 0 Å². The van der Waals surface area contributed by atoms with E-state index in [1.54, 1.807) is 17.8 Å². The Labute approximate surface area is 119 Å². The van der Waals surface area contributed by atoms with Crippen LogP contribution in [-0.2, 0) is 0 Å². The Bertz CT molecular complexity index is 605. The molecule has 0 aliphatic carbocycles. The maximum atomic E-state index is 8.93. The van der Waals surface area contributed by atoms with Crippen molar-refractivity contribution >= 4 is 39.1 Å². The Morgan fingerprint density at radius 2 is 2.00 bits per heavy atom. The number of rotatable bonds is 3. The molecule has 2 rings (SSSR count). The Balaban J connectivity index is 2.28. The Kier molecular flexibility index (Phi) is 4.29. The van der Waals surface area contributed by atoms with Gasteiger partial charge in [-0.15, -0.1) is 11.8 Å². The lowest BCUT2D eigenvalue weighted by atomic mass is 10.2. The molecule has 0 fully saturated rings. The summed E-state index contributed by atoms with van der Waals surface area (Å²) in [6, 6.07) is 15.9. The Morgan fingerprint density at radius 3 is 2.72 bits per heavy atom. The molecule has 0 atom stereocenters. The predicted molar refractivity (Wildman–Crippen MR) is 80.4 cm³/mol. The third kappa shape index (κ3) is 3.28. The van der Waals surface area contributed by atoms with E-state index in [1.807, 2.05) is 30.5 Å². The van der Waals surface area contributed by atoms with Crippen molar-refractivity contribution in [3.05, 3.63) is 52.5 Å². The molecule has 0 heterocycles. The van der Waals surface area contributed by atoms with Crippen molar-refractivity contribution < 1.29 is 0 Å². The average Bonchev–Trinajstić information content (AvgIpc) is 2.38. The summed E-state index contributed by atoms with van der Waals surface area (Å²) in [5, 5.41) is 12.2. The van der Waals surface area contributed by atoms with Crippen LogP contribution in [0.15, 0.2) is 51.8 Å². The van der Waals surface area contributed by atoms with E-state index in [4.69, 9.17) is 5.26 Å². The van der Waals surface area contributed by atoms with Gasteiger partial charge < -0.3 is 5.32 Å². The summed E-state index contributed by atoms with van der Waals surface area (Å²) in [5.74, 6) is 0. The highest BCUT2D eigenvalue weighted by Gasteiger charge is 2.00. The fourth-order valence-corrected chi connectivity index (χ4v) is 2.55. The molecule has 0 amide bonds. The van der Waals surface area contributed by atoms with Gasteiger partial charge in [-0.05, 0) is 42.7 Å². The first-order chi connectivity index (χ1) is 8.71. The lowest BCUT2D eigenvalue weighted by Crippen LogP contribution is -1.91. The highest BCUT2D eigenvalue weighted by atomic mass is 79.9. The van der Waals surface area contributed by atoms with Crippen LogP contribution in [0.2, 0.25) is 0 Å². The number of anilines is 2. The van der Waals surface area contributed by atoms with Crippen molar-refractivity contribution in [1.82, 2.24) is 0 Å². The molecule has 0 spiro atoms. The van der Waals surface area contributed by atoms with Crippen LogP contribution >= 0.6 is 27.7 Å². The largest absolute Gasteiger partial charge is 0.355 e. The van der Waals surface area contributed by atoms with E-state index in [2.05, 4.69) is 39.4 Å². The number of halogens is 1. The van der Waals surface area contributed by atoms with Crippen LogP contribution in [0.3, 0.4) is 0 Å². The fraction of sp³-hybridized carbons (Fsp3) is 0.0714. The Hall–Kier alpha value is -1.44. The molecular weight excluding hydrogens is 308 g/mol. The quantitative estimate of drug-likeness (QED) is 0.827. The van der Waals surface area contributed by atoms with Crippen molar-refractivity contribution in [3.63, 3.8) is 0 Å². The third-order valence-corrected chi connectivity index (χ3v) is 3.57. The molecule has 0 unspecified atom stereocenters. The summed E-state index contributed by atoms with van der Waals surface area (Å²) in [4.78, 5) is 1.20. The van der Waals surface area contributed by atoms with E-state index in [1.165, 1.54) is 4.90 Å². The van der Waals surface area contributed by atoms with Gasteiger partial charge in [-0.25, -0.2) is 0 Å². The number of nitriles is 1. The van der Waals surface area contributed by atoms with Crippen molar-refractivity contribution in [2.24, 2.45) is 0 Å². The van der Waals surface area contributed by atoms with E-state index in [0.717, 1.165) is 15.8 Å². The van der Waals surface area contributed by atoms with Crippen LogP contribution in [0, 0.1) is 11.3 Å². The molecule has 2 aromatic rings. The van der Waals surface area contributed by atoms with Crippen molar-refractivity contribution in [2.45, 2.75) is 4.90 Å². The van der Waals surface area contributed by atoms with Gasteiger partial charge in [0.25, 0.3) is 0 Å². The van der Waals surface area contributed by atoms with Crippen LogP contribution in [0.1, 0.15) is 5.56 Å². The average molecular weight is 319 g/mol. The number of benzene rings is 2. The standard InChI is InChI=1S/C14H11BrN2S/c1-18-14-4-2-3-12(8-14)17-13-6-10(9-16)5-11(15)7-13/h2-8,17H,1H3. The molecule has 90 valence electrons. The summed E-state index contributed by atoms with van der Waals surface area (Å²) in [6.07, 6.45) is 2.05. The molecule has 2 aromatic carbocycles. The third-order valence-electron chi connectivity index (χ3n) is 2.39. The second-order valence-corrected chi connectivity index (χ2v) is 5.49. The van der Waals surface area contributed by atoms with Crippen LogP contribution in [0.25, 0.3) is 0 Å². The molecule has 0 aliphatic heterocycles. The molecular formula is C14H11BrN2S. The van der Waals surface area contributed by atoms with Gasteiger partial charge >= 0.3 is 0 Å². The molecule has 0 saturated carbocycles. The SMILES string of the molecule is CSc1cccc(Nc2cc(Br)cc(C#N)c2)c1. The molecule has 0 aliphatic rings. The molecule has 18 heavy (non-hydrogen) atoms. The predicted octanol–water partition coefficient (Wildman–Crippen LogP) is 4.79. The summed E-state index contributed by atoms with van der Waals surface area (Å²) in [6.45, 7) is 0. The molecule has 0 aromatic heterocycles. The highest BCUT2D eigenvalue weighted by Crippen LogP contribution is 2.25. The van der Waals surface area contributed by atoms with Gasteiger partial charge in [0.1, 0.15) is 0 Å². The lowest BCUT2D eigenvalue weighted by molar-refractivity contribution is 1.42. The minimum Gasteiger partial charge on any atom is -0.355 e. The van der Waals surface area contributed by atoms with E-state index in [-0.39, 0.29) is 0 Å². The van der Waals surface area contributed by atoms with Gasteiger partial charge in [0.2, 0.25) is 0 Å². The van der Waals surface area contributed by atoms with E-state index >= 15 is 0 Å². The maximum absolute atomic E-state index is 8.93. The number of nitrogens with zero attached hydrogens (tertiary/aromatic N) is 1. The summed E-state index contributed by atoms with van der Waals surface area (Å²) in [7, 11) is 0. The fourth-order valence-electron chi connectivity index (χ4n) is 1.59. The number of hydrogen-bond donors (Lipinski definition) is 1. The first kappa shape index (κ1) is 13.0. The van der Waals surface area contributed by atoms with E-state index in [9.17, 15) is 0 Å². The summed E-state index contributed by atoms with van der Waals surface area (Å²) >= 11 is 5.10. The number of nitrogens with one attached hydrogen (secondary N) is 1. The Morgan fingerprint density at radius 1 is 1.17 bits per heavy atom. The zero-order valence-electron chi connectivity index (χ0n) is 9.77. The molecule has 0 saturated heterocycles. The first-order valence-corrected chi connectivity index (χ1v) is 7.35. The van der Waals surface area contributed by atoms with E-state index in [0.29, 0.717) is 5.56 Å². The molecule has 2 nitrogen and oxygen atoms in total. The summed E-state index contributed by atoms with van der Waals surface area (Å²) < 4.78 is 0.894. The van der Waals surface area contributed by atoms with Gasteiger partial charge in [-0.1, -0.05) is 22.0 Å². The lowest BCUT2D eigenvalue weighted by Gasteiger charge is -2.08. The normalized spacial score (nSPS) is 9.83. The maximum Gasteiger partial charge on any atom is 0.0992 e. The monoisotopic (exact) mass is 318 g/mol. The zero-order valence-corrected chi connectivity index (χ0v) is 12.2. The van der Waals surface area contributed by atoms with Gasteiger partial charge in [0, 0.05) is 20.7 Å². The zero-order chi connectivity index (χ0) is 13.0. The second kappa shape index (κ2) is 5.94. The van der Waals surface area contributed by atoms with Crippen molar-refractivity contribution in [1.29, 1.82) is 5.26 Å². The molecule has 1 N–H and O–H groups in total. The van der Waals surface area contributed by atoms with Crippen molar-refractivity contribution in [3.8, 4) is 6.07 Å².